The van der Waals surface area contributed by atoms with Gasteiger partial charge in [0, 0.05) is 0 Å². The molecule has 0 unspecified atom stereocenters. The van der Waals surface area contributed by atoms with Gasteiger partial charge < -0.3 is 0 Å². The minimum Gasteiger partial charge on any atom is -0.253 e. The summed E-state index contributed by atoms with van der Waals surface area (Å²) in [5.74, 6) is 2.17. The van der Waals surface area contributed by atoms with Gasteiger partial charge in [0.05, 0.1) is 0 Å². The van der Waals surface area contributed by atoms with Crippen molar-refractivity contribution in [1.82, 2.24) is 0 Å². The van der Waals surface area contributed by atoms with Gasteiger partial charge in [-0.1, -0.05) is 5.92 Å². The predicted molar refractivity (Wildman–Crippen MR) is 34.3 cm³/mol. The molecule has 9 heavy (non-hydrogen) atoms. The first-order valence-corrected chi connectivity index (χ1v) is 3.39. The molecule has 52 valence electrons. The molecule has 0 fully saturated rings. The maximum absolute atomic E-state index is 9.89. The molecule has 0 saturated carbocycles. The Morgan fingerprint density at radius 2 is 2.00 bits per heavy atom. The van der Waals surface area contributed by atoms with Gasteiger partial charge in [0.25, 0.3) is 11.0 Å². The van der Waals surface area contributed by atoms with Crippen molar-refractivity contribution < 1.29 is 12.6 Å². The van der Waals surface area contributed by atoms with Crippen molar-refractivity contribution in [1.29, 1.82) is 0 Å². The topological polar surface area (TPSA) is 43.4 Å². The molecule has 0 saturated heterocycles. The molecule has 0 atom stereocenters. The standard InChI is InChI=1S/C5H8O3S/c1-4-5(2,3)8-9(6)7/h1,9H,2-3H3. The Balaban J connectivity index is 4.07. The molecule has 0 N–H and O–H groups in total. The third-order valence-corrected chi connectivity index (χ3v) is 1.26. The number of terminal acetylenes is 1. The smallest absolute Gasteiger partial charge is 0.253 e. The van der Waals surface area contributed by atoms with Gasteiger partial charge in [-0.15, -0.1) is 6.42 Å². The maximum Gasteiger partial charge on any atom is 0.258 e. The lowest BCUT2D eigenvalue weighted by atomic mass is 10.2. The Morgan fingerprint density at radius 1 is 1.56 bits per heavy atom. The van der Waals surface area contributed by atoms with E-state index < -0.39 is 16.6 Å². The highest BCUT2D eigenvalue weighted by Crippen LogP contribution is 2.05. The van der Waals surface area contributed by atoms with Crippen LogP contribution in [0, 0.1) is 12.3 Å². The van der Waals surface area contributed by atoms with Crippen molar-refractivity contribution in [2.24, 2.45) is 0 Å². The molecule has 0 aliphatic heterocycles. The summed E-state index contributed by atoms with van der Waals surface area (Å²) in [7, 11) is -2.84. The van der Waals surface area contributed by atoms with Gasteiger partial charge in [-0.05, 0) is 13.8 Å². The second-order valence-electron chi connectivity index (χ2n) is 1.97. The summed E-state index contributed by atoms with van der Waals surface area (Å²) in [5.41, 5.74) is -1.00. The predicted octanol–water partition coefficient (Wildman–Crippen LogP) is -0.0588. The monoisotopic (exact) mass is 148 g/mol. The first-order valence-electron chi connectivity index (χ1n) is 2.29. The second kappa shape index (κ2) is 2.85. The molecule has 3 nitrogen and oxygen atoms in total. The van der Waals surface area contributed by atoms with E-state index in [0.717, 1.165) is 0 Å². The van der Waals surface area contributed by atoms with Crippen molar-refractivity contribution >= 4 is 11.0 Å². The summed E-state index contributed by atoms with van der Waals surface area (Å²) in [6.07, 6.45) is 4.91. The quantitative estimate of drug-likeness (QED) is 0.440. The van der Waals surface area contributed by atoms with Crippen LogP contribution in [-0.2, 0) is 15.2 Å². The zero-order valence-corrected chi connectivity index (χ0v) is 6.14. The molecule has 4 heteroatoms. The van der Waals surface area contributed by atoms with Crippen LogP contribution in [0.3, 0.4) is 0 Å². The van der Waals surface area contributed by atoms with Crippen LogP contribution in [0.2, 0.25) is 0 Å². The van der Waals surface area contributed by atoms with Gasteiger partial charge in [0.2, 0.25) is 0 Å². The molecule has 0 radical (unpaired) electrons. The maximum atomic E-state index is 9.89. The summed E-state index contributed by atoms with van der Waals surface area (Å²) in [5, 5.41) is 0. The number of thiol groups is 1. The van der Waals surface area contributed by atoms with Crippen LogP contribution in [0.1, 0.15) is 13.8 Å². The molecular formula is C5H8O3S. The van der Waals surface area contributed by atoms with Gasteiger partial charge >= 0.3 is 0 Å². The molecule has 0 aromatic rings. The van der Waals surface area contributed by atoms with Crippen molar-refractivity contribution in [3.63, 3.8) is 0 Å². The third kappa shape index (κ3) is 4.01. The molecule has 0 aromatic carbocycles. The van der Waals surface area contributed by atoms with Crippen LogP contribution in [0.5, 0.6) is 0 Å². The Kier molecular flexibility index (Phi) is 2.68. The van der Waals surface area contributed by atoms with Crippen molar-refractivity contribution in [3.8, 4) is 12.3 Å². The highest BCUT2D eigenvalue weighted by molar-refractivity contribution is 7.67. The average Bonchev–Trinajstić information content (AvgIpc) is 1.63. The highest BCUT2D eigenvalue weighted by atomic mass is 32.2. The number of rotatable bonds is 2. The summed E-state index contributed by atoms with van der Waals surface area (Å²) >= 11 is 0. The van der Waals surface area contributed by atoms with Crippen molar-refractivity contribution in [3.05, 3.63) is 0 Å². The fourth-order valence-electron chi connectivity index (χ4n) is 0.213. The van der Waals surface area contributed by atoms with Crippen LogP contribution in [0.25, 0.3) is 0 Å². The first kappa shape index (κ1) is 8.47. The summed E-state index contributed by atoms with van der Waals surface area (Å²) in [6, 6.07) is 0. The van der Waals surface area contributed by atoms with E-state index >= 15 is 0 Å². The Hall–Kier alpha value is -0.530. The molecule has 0 bridgehead atoms. The van der Waals surface area contributed by atoms with Crippen LogP contribution in [-0.4, -0.2) is 14.0 Å². The van der Waals surface area contributed by atoms with E-state index in [0.29, 0.717) is 0 Å². The zero-order chi connectivity index (χ0) is 7.49. The van der Waals surface area contributed by atoms with Crippen LogP contribution in [0.4, 0.5) is 0 Å². The van der Waals surface area contributed by atoms with E-state index in [2.05, 4.69) is 10.1 Å². The van der Waals surface area contributed by atoms with Crippen molar-refractivity contribution in [2.45, 2.75) is 19.4 Å². The summed E-state index contributed by atoms with van der Waals surface area (Å²) in [6.45, 7) is 3.00. The molecule has 0 spiro atoms. The van der Waals surface area contributed by atoms with Gasteiger partial charge in [0.15, 0.2) is 0 Å². The highest BCUT2D eigenvalue weighted by Gasteiger charge is 2.14. The Labute approximate surface area is 56.2 Å². The largest absolute Gasteiger partial charge is 0.258 e. The van der Waals surface area contributed by atoms with E-state index in [4.69, 9.17) is 6.42 Å². The van der Waals surface area contributed by atoms with Gasteiger partial charge in [-0.2, -0.15) is 0 Å². The second-order valence-corrected chi connectivity index (χ2v) is 2.60. The lowest BCUT2D eigenvalue weighted by molar-refractivity contribution is 0.190. The van der Waals surface area contributed by atoms with Gasteiger partial charge in [0.1, 0.15) is 5.60 Å². The first-order chi connectivity index (χ1) is 3.98. The molecule has 0 rings (SSSR count). The number of hydrogen-bond acceptors (Lipinski definition) is 3. The van der Waals surface area contributed by atoms with E-state index in [1.165, 1.54) is 13.8 Å². The lowest BCUT2D eigenvalue weighted by Gasteiger charge is -2.11. The van der Waals surface area contributed by atoms with E-state index in [9.17, 15) is 8.42 Å². The van der Waals surface area contributed by atoms with E-state index in [-0.39, 0.29) is 0 Å². The van der Waals surface area contributed by atoms with Crippen LogP contribution in [0.15, 0.2) is 0 Å². The summed E-state index contributed by atoms with van der Waals surface area (Å²) in [4.78, 5) is 0. The zero-order valence-electron chi connectivity index (χ0n) is 5.25. The molecule has 0 aromatic heterocycles. The molecule has 0 heterocycles. The van der Waals surface area contributed by atoms with E-state index in [1.54, 1.807) is 0 Å². The third-order valence-electron chi connectivity index (χ3n) is 0.650. The Morgan fingerprint density at radius 3 is 2.11 bits per heavy atom. The van der Waals surface area contributed by atoms with Crippen molar-refractivity contribution in [2.75, 3.05) is 0 Å². The normalized spacial score (nSPS) is 11.3. The van der Waals surface area contributed by atoms with E-state index in [1.807, 2.05) is 0 Å². The number of hydrogen-bond donors (Lipinski definition) is 1. The molecule has 0 amide bonds. The minimum absolute atomic E-state index is 1.00. The molecule has 0 aliphatic carbocycles. The van der Waals surface area contributed by atoms with Crippen LogP contribution >= 0.6 is 0 Å². The summed E-state index contributed by atoms with van der Waals surface area (Å²) < 4.78 is 24.1. The molecule has 0 aliphatic rings. The molecular weight excluding hydrogens is 140 g/mol. The van der Waals surface area contributed by atoms with Gasteiger partial charge in [-0.3, -0.25) is 4.18 Å². The Bertz CT molecular complexity index is 189. The fraction of sp³-hybridized carbons (Fsp3) is 0.600. The lowest BCUT2D eigenvalue weighted by Crippen LogP contribution is -2.20. The fourth-order valence-corrected chi connectivity index (χ4v) is 0.638. The van der Waals surface area contributed by atoms with Gasteiger partial charge in [-0.25, -0.2) is 8.42 Å². The minimum atomic E-state index is -2.84. The van der Waals surface area contributed by atoms with Crippen LogP contribution < -0.4 is 0 Å². The SMILES string of the molecule is C#CC(C)(C)O[SH](=O)=O. The average molecular weight is 148 g/mol.